The molecule has 0 heterocycles. The van der Waals surface area contributed by atoms with Crippen LogP contribution in [0.1, 0.15) is 25.0 Å². The van der Waals surface area contributed by atoms with Gasteiger partial charge in [0.15, 0.2) is 0 Å². The molecule has 0 aromatic heterocycles. The average molecular weight is 386 g/mol. The predicted molar refractivity (Wildman–Crippen MR) is 129 cm³/mol. The van der Waals surface area contributed by atoms with E-state index in [1.807, 2.05) is 18.2 Å². The molecule has 144 valence electrons. The summed E-state index contributed by atoms with van der Waals surface area (Å²) in [7, 11) is 0. The monoisotopic (exact) mass is 385 g/mol. The first-order valence-electron chi connectivity index (χ1n) is 10.5. The van der Waals surface area contributed by atoms with Crippen molar-refractivity contribution >= 4 is 32.9 Å². The number of hydrogen-bond donors (Lipinski definition) is 1. The van der Waals surface area contributed by atoms with E-state index in [0.29, 0.717) is 0 Å². The van der Waals surface area contributed by atoms with Gasteiger partial charge in [-0.1, -0.05) is 80.6 Å². The van der Waals surface area contributed by atoms with Crippen LogP contribution in [-0.2, 0) is 5.41 Å². The van der Waals surface area contributed by atoms with Crippen molar-refractivity contribution in [3.05, 3.63) is 108 Å². The van der Waals surface area contributed by atoms with Gasteiger partial charge in [0.05, 0.1) is 0 Å². The van der Waals surface area contributed by atoms with Crippen LogP contribution in [0.2, 0.25) is 0 Å². The van der Waals surface area contributed by atoms with Gasteiger partial charge in [-0.15, -0.1) is 0 Å². The fourth-order valence-corrected chi connectivity index (χ4v) is 5.10. The highest BCUT2D eigenvalue weighted by Gasteiger charge is 2.34. The Balaban J connectivity index is 1.52. The first kappa shape index (κ1) is 17.3. The van der Waals surface area contributed by atoms with Crippen molar-refractivity contribution in [1.29, 1.82) is 0 Å². The van der Waals surface area contributed by atoms with E-state index in [1.165, 1.54) is 43.8 Å². The van der Waals surface area contributed by atoms with Crippen molar-refractivity contribution in [1.82, 2.24) is 0 Å². The Morgan fingerprint density at radius 2 is 1.27 bits per heavy atom. The third-order valence-electron chi connectivity index (χ3n) is 6.61. The third kappa shape index (κ3) is 2.42. The smallest absolute Gasteiger partial charge is 0.0384 e. The SMILES string of the molecule is CC1(C)c2cccc3cc(-c4ccc(Nc5ccccc5)cc4)c4cccc1c4c23. The molecular weight excluding hydrogens is 362 g/mol. The van der Waals surface area contributed by atoms with Crippen LogP contribution in [0.4, 0.5) is 11.4 Å². The van der Waals surface area contributed by atoms with E-state index in [2.05, 4.69) is 98.0 Å². The van der Waals surface area contributed by atoms with Gasteiger partial charge in [0.1, 0.15) is 0 Å². The molecule has 0 atom stereocenters. The maximum Gasteiger partial charge on any atom is 0.0384 e. The summed E-state index contributed by atoms with van der Waals surface area (Å²) < 4.78 is 0. The highest BCUT2D eigenvalue weighted by molar-refractivity contribution is 6.19. The quantitative estimate of drug-likeness (QED) is 0.310. The number of para-hydroxylation sites is 1. The molecule has 0 saturated carbocycles. The molecule has 0 radical (unpaired) electrons. The van der Waals surface area contributed by atoms with Gasteiger partial charge >= 0.3 is 0 Å². The van der Waals surface area contributed by atoms with Crippen LogP contribution in [-0.4, -0.2) is 0 Å². The Bertz CT molecular complexity index is 1410. The minimum atomic E-state index is 0.0451. The maximum atomic E-state index is 3.48. The first-order valence-corrected chi connectivity index (χ1v) is 10.5. The highest BCUT2D eigenvalue weighted by atomic mass is 14.9. The summed E-state index contributed by atoms with van der Waals surface area (Å²) >= 11 is 0. The van der Waals surface area contributed by atoms with Gasteiger partial charge in [-0.25, -0.2) is 0 Å². The summed E-state index contributed by atoms with van der Waals surface area (Å²) in [6.07, 6.45) is 0. The van der Waals surface area contributed by atoms with Gasteiger partial charge in [-0.2, -0.15) is 0 Å². The number of rotatable bonds is 3. The second kappa shape index (κ2) is 6.21. The van der Waals surface area contributed by atoms with E-state index in [1.54, 1.807) is 0 Å². The highest BCUT2D eigenvalue weighted by Crippen LogP contribution is 2.50. The zero-order valence-corrected chi connectivity index (χ0v) is 17.2. The van der Waals surface area contributed by atoms with E-state index in [4.69, 9.17) is 0 Å². The Labute approximate surface area is 177 Å². The van der Waals surface area contributed by atoms with Gasteiger partial charge in [0.25, 0.3) is 0 Å². The lowest BCUT2D eigenvalue weighted by Gasteiger charge is -2.21. The second-order valence-corrected chi connectivity index (χ2v) is 8.75. The van der Waals surface area contributed by atoms with E-state index in [0.717, 1.165) is 11.4 Å². The summed E-state index contributed by atoms with van der Waals surface area (Å²) in [6.45, 7) is 4.69. The topological polar surface area (TPSA) is 12.0 Å². The van der Waals surface area contributed by atoms with Crippen molar-refractivity contribution in [3.8, 4) is 11.1 Å². The minimum absolute atomic E-state index is 0.0451. The summed E-state index contributed by atoms with van der Waals surface area (Å²) in [4.78, 5) is 0. The molecule has 30 heavy (non-hydrogen) atoms. The average Bonchev–Trinajstić information content (AvgIpc) is 3.02. The fraction of sp³-hybridized carbons (Fsp3) is 0.103. The molecule has 5 aromatic rings. The molecular formula is C29H23N. The molecule has 1 N–H and O–H groups in total. The lowest BCUT2D eigenvalue weighted by Crippen LogP contribution is -2.14. The van der Waals surface area contributed by atoms with Gasteiger partial charge in [0, 0.05) is 16.8 Å². The lowest BCUT2D eigenvalue weighted by molar-refractivity contribution is 0.663. The van der Waals surface area contributed by atoms with Gasteiger partial charge in [-0.3, -0.25) is 0 Å². The molecule has 1 aliphatic rings. The van der Waals surface area contributed by atoms with Crippen LogP contribution in [0.25, 0.3) is 32.7 Å². The molecule has 0 unspecified atom stereocenters. The molecule has 6 rings (SSSR count). The van der Waals surface area contributed by atoms with Crippen LogP contribution < -0.4 is 5.32 Å². The Morgan fingerprint density at radius 1 is 0.600 bits per heavy atom. The fourth-order valence-electron chi connectivity index (χ4n) is 5.10. The molecule has 1 heteroatoms. The van der Waals surface area contributed by atoms with Gasteiger partial charge in [0.2, 0.25) is 0 Å². The van der Waals surface area contributed by atoms with Crippen LogP contribution >= 0.6 is 0 Å². The predicted octanol–water partition coefficient (Wildman–Crippen LogP) is 8.04. The lowest BCUT2D eigenvalue weighted by atomic mass is 9.82. The number of nitrogens with one attached hydrogen (secondary N) is 1. The van der Waals surface area contributed by atoms with Crippen LogP contribution in [0.5, 0.6) is 0 Å². The number of anilines is 2. The molecule has 0 bridgehead atoms. The van der Waals surface area contributed by atoms with Gasteiger partial charge in [-0.05, 0) is 74.1 Å². The summed E-state index contributed by atoms with van der Waals surface area (Å²) in [6, 6.07) is 35.0. The van der Waals surface area contributed by atoms with Crippen LogP contribution in [0.15, 0.2) is 97.1 Å². The maximum absolute atomic E-state index is 3.48. The number of benzene rings is 5. The minimum Gasteiger partial charge on any atom is -0.356 e. The Kier molecular flexibility index (Phi) is 3.58. The molecule has 5 aromatic carbocycles. The third-order valence-corrected chi connectivity index (χ3v) is 6.61. The van der Waals surface area contributed by atoms with E-state index < -0.39 is 0 Å². The first-order chi connectivity index (χ1) is 14.6. The summed E-state index contributed by atoms with van der Waals surface area (Å²) in [5.41, 5.74) is 7.69. The number of hydrogen-bond acceptors (Lipinski definition) is 1. The second-order valence-electron chi connectivity index (χ2n) is 8.75. The van der Waals surface area contributed by atoms with Gasteiger partial charge < -0.3 is 5.32 Å². The van der Waals surface area contributed by atoms with Crippen molar-refractivity contribution in [2.24, 2.45) is 0 Å². The zero-order chi connectivity index (χ0) is 20.3. The molecule has 1 nitrogen and oxygen atoms in total. The van der Waals surface area contributed by atoms with Crippen LogP contribution in [0, 0.1) is 0 Å². The van der Waals surface area contributed by atoms with Crippen molar-refractivity contribution in [3.63, 3.8) is 0 Å². The van der Waals surface area contributed by atoms with E-state index in [9.17, 15) is 0 Å². The summed E-state index contributed by atoms with van der Waals surface area (Å²) in [5, 5.41) is 9.02. The van der Waals surface area contributed by atoms with Crippen molar-refractivity contribution in [2.75, 3.05) is 5.32 Å². The normalized spacial score (nSPS) is 13.9. The van der Waals surface area contributed by atoms with Crippen molar-refractivity contribution in [2.45, 2.75) is 19.3 Å². The van der Waals surface area contributed by atoms with Crippen LogP contribution in [0.3, 0.4) is 0 Å². The van der Waals surface area contributed by atoms with Crippen molar-refractivity contribution < 1.29 is 0 Å². The Hall–Kier alpha value is -3.58. The Morgan fingerprint density at radius 3 is 2.03 bits per heavy atom. The molecule has 0 saturated heterocycles. The molecule has 0 fully saturated rings. The van der Waals surface area contributed by atoms with E-state index >= 15 is 0 Å². The molecule has 1 aliphatic carbocycles. The summed E-state index contributed by atoms with van der Waals surface area (Å²) in [5.74, 6) is 0. The van der Waals surface area contributed by atoms with E-state index in [-0.39, 0.29) is 5.41 Å². The largest absolute Gasteiger partial charge is 0.356 e. The molecule has 0 amide bonds. The standard InChI is InChI=1S/C29H23N/c1-29(2)25-12-6-8-20-18-24(23-11-7-13-26(29)28(23)27(20)25)19-14-16-22(17-15-19)30-21-9-4-3-5-10-21/h3-18,30H,1-2H3. The molecule has 0 aliphatic heterocycles. The zero-order valence-electron chi connectivity index (χ0n) is 17.2. The molecule has 0 spiro atoms.